The highest BCUT2D eigenvalue weighted by Crippen LogP contribution is 2.46. The Balaban J connectivity index is 1.76. The lowest BCUT2D eigenvalue weighted by molar-refractivity contribution is -0.685. The second kappa shape index (κ2) is 11.3. The lowest BCUT2D eigenvalue weighted by Gasteiger charge is -2.29. The van der Waals surface area contributed by atoms with Gasteiger partial charge in [-0.15, -0.1) is 0 Å². The van der Waals surface area contributed by atoms with E-state index in [2.05, 4.69) is 5.32 Å². The van der Waals surface area contributed by atoms with Gasteiger partial charge in [0.1, 0.15) is 12.1 Å². The Bertz CT molecular complexity index is 1050. The largest absolute Gasteiger partial charge is 0.480 e. The van der Waals surface area contributed by atoms with Crippen LogP contribution in [0.5, 0.6) is 0 Å². The van der Waals surface area contributed by atoms with E-state index in [0.29, 0.717) is 51.6 Å². The Labute approximate surface area is 218 Å². The van der Waals surface area contributed by atoms with Gasteiger partial charge in [-0.05, 0) is 56.7 Å². The van der Waals surface area contributed by atoms with Crippen molar-refractivity contribution in [1.29, 1.82) is 0 Å². The first-order valence-electron chi connectivity index (χ1n) is 13.2. The molecule has 5 N–H and O–H groups in total. The highest BCUT2D eigenvalue weighted by Gasteiger charge is 2.58. The summed E-state index contributed by atoms with van der Waals surface area (Å²) >= 11 is 0. The molecular weight excluding hydrogens is 476 g/mol. The van der Waals surface area contributed by atoms with E-state index in [4.69, 9.17) is 5.73 Å². The van der Waals surface area contributed by atoms with Crippen LogP contribution in [0.15, 0.2) is 18.2 Å². The molecule has 204 valence electrons. The van der Waals surface area contributed by atoms with Gasteiger partial charge in [0.25, 0.3) is 0 Å². The van der Waals surface area contributed by atoms with E-state index in [1.807, 2.05) is 45.9 Å². The zero-order valence-corrected chi connectivity index (χ0v) is 22.3. The van der Waals surface area contributed by atoms with Crippen molar-refractivity contribution in [2.75, 3.05) is 13.1 Å². The predicted octanol–water partition coefficient (Wildman–Crippen LogP) is 2.50. The molecule has 3 rings (SSSR count). The molecule has 0 aromatic heterocycles. The number of benzene rings is 1. The zero-order chi connectivity index (χ0) is 27.5. The summed E-state index contributed by atoms with van der Waals surface area (Å²) in [4.78, 5) is 51.4. The molecule has 0 aliphatic carbocycles. The molecule has 1 aromatic rings. The quantitative estimate of drug-likeness (QED) is 0.244. The second-order valence-electron chi connectivity index (χ2n) is 11.3. The summed E-state index contributed by atoms with van der Waals surface area (Å²) in [5.41, 5.74) is 7.08. The molecule has 1 fully saturated rings. The number of unbranched alkanes of at least 4 members (excludes halogenated alkanes) is 1. The van der Waals surface area contributed by atoms with Crippen molar-refractivity contribution >= 4 is 17.8 Å². The van der Waals surface area contributed by atoms with Gasteiger partial charge >= 0.3 is 11.9 Å². The zero-order valence-electron chi connectivity index (χ0n) is 22.3. The number of nitroso groups, excluding NO2 is 1. The van der Waals surface area contributed by atoms with Crippen LogP contribution in [0.1, 0.15) is 82.9 Å². The molecule has 0 radical (unpaired) electrons. The number of fused-ring (bicyclic) bond motifs is 1. The molecule has 2 aliphatic rings. The maximum Gasteiger partial charge on any atom is 0.326 e. The summed E-state index contributed by atoms with van der Waals surface area (Å²) in [5.74, 6) is -2.48. The lowest BCUT2D eigenvalue weighted by atomic mass is 9.88. The molecule has 0 saturated carbocycles. The molecule has 3 atom stereocenters. The van der Waals surface area contributed by atoms with Crippen molar-refractivity contribution in [2.24, 2.45) is 5.73 Å². The van der Waals surface area contributed by atoms with Crippen molar-refractivity contribution in [1.82, 2.24) is 10.2 Å². The molecule has 2 aliphatic heterocycles. The fourth-order valence-corrected chi connectivity index (χ4v) is 5.79. The Morgan fingerprint density at radius 1 is 1.08 bits per heavy atom. The van der Waals surface area contributed by atoms with Crippen LogP contribution in [-0.2, 0) is 31.9 Å². The van der Waals surface area contributed by atoms with Gasteiger partial charge in [0.2, 0.25) is 17.0 Å². The summed E-state index contributed by atoms with van der Waals surface area (Å²) in [6.07, 6.45) is 3.37. The molecule has 0 unspecified atom stereocenters. The summed E-state index contributed by atoms with van der Waals surface area (Å²) in [5, 5.41) is 22.5. The first-order chi connectivity index (χ1) is 17.3. The van der Waals surface area contributed by atoms with Crippen molar-refractivity contribution in [3.05, 3.63) is 39.8 Å². The lowest BCUT2D eigenvalue weighted by Crippen LogP contribution is -2.54. The normalized spacial score (nSPS) is 21.5. The van der Waals surface area contributed by atoms with Crippen LogP contribution in [0.2, 0.25) is 0 Å². The van der Waals surface area contributed by atoms with Crippen LogP contribution in [0.4, 0.5) is 0 Å². The highest BCUT2D eigenvalue weighted by atomic mass is 16.4. The first kappa shape index (κ1) is 28.7. The molecule has 37 heavy (non-hydrogen) atoms. The molecule has 1 aromatic carbocycles. The highest BCUT2D eigenvalue weighted by molar-refractivity contribution is 5.88. The van der Waals surface area contributed by atoms with E-state index in [1.165, 1.54) is 4.90 Å². The Hall–Kier alpha value is -2.85. The number of likely N-dealkylation sites (tertiary alicyclic amines) is 1. The van der Waals surface area contributed by atoms with Gasteiger partial charge in [0.05, 0.1) is 6.04 Å². The number of carbonyl (C=O) groups is 3. The van der Waals surface area contributed by atoms with E-state index >= 15 is 0 Å². The van der Waals surface area contributed by atoms with E-state index in [-0.39, 0.29) is 12.3 Å². The Morgan fingerprint density at radius 3 is 2.38 bits per heavy atom. The number of carboxylic acid groups (broad SMARTS) is 2. The number of carbonyl (C=O) groups excluding carboxylic acids is 1. The minimum absolute atomic E-state index is 0.238. The van der Waals surface area contributed by atoms with Crippen molar-refractivity contribution in [3.63, 3.8) is 0 Å². The van der Waals surface area contributed by atoms with Crippen molar-refractivity contribution < 1.29 is 29.4 Å². The van der Waals surface area contributed by atoms with Gasteiger partial charge in [-0.3, -0.25) is 14.9 Å². The average Bonchev–Trinajstić information content (AvgIpc) is 3.38. The Kier molecular flexibility index (Phi) is 8.74. The summed E-state index contributed by atoms with van der Waals surface area (Å²) < 4.78 is 1.11. The molecule has 2 heterocycles. The van der Waals surface area contributed by atoms with E-state index in [9.17, 15) is 29.5 Å². The molecule has 1 amide bonds. The average molecular weight is 518 g/mol. The maximum absolute atomic E-state index is 13.3. The monoisotopic (exact) mass is 517 g/mol. The number of aryl methyl sites for hydroxylation is 1. The molecular formula is C27H41N4O6+. The number of carboxylic acids is 2. The second-order valence-corrected chi connectivity index (χ2v) is 11.3. The van der Waals surface area contributed by atoms with E-state index in [0.717, 1.165) is 21.5 Å². The van der Waals surface area contributed by atoms with Gasteiger partial charge in [0.15, 0.2) is 0 Å². The number of nitrogens with one attached hydrogen (secondary N) is 1. The minimum atomic E-state index is -1.07. The molecule has 0 bridgehead atoms. The molecule has 1 saturated heterocycles. The number of hydrogen-bond donors (Lipinski definition) is 4. The number of aliphatic carboxylic acids is 2. The van der Waals surface area contributed by atoms with E-state index < -0.39 is 41.1 Å². The van der Waals surface area contributed by atoms with Gasteiger partial charge in [0, 0.05) is 55.0 Å². The Morgan fingerprint density at radius 2 is 1.76 bits per heavy atom. The van der Waals surface area contributed by atoms with Gasteiger partial charge < -0.3 is 20.8 Å². The third-order valence-corrected chi connectivity index (χ3v) is 7.91. The van der Waals surface area contributed by atoms with Crippen molar-refractivity contribution in [3.8, 4) is 0 Å². The summed E-state index contributed by atoms with van der Waals surface area (Å²) in [6.45, 7) is 8.37. The number of nitrogens with two attached hydrogens (primary N) is 1. The van der Waals surface area contributed by atoms with Crippen molar-refractivity contribution in [2.45, 2.75) is 102 Å². The molecule has 10 heteroatoms. The van der Waals surface area contributed by atoms with Gasteiger partial charge in [-0.2, -0.15) is 0 Å². The first-order valence-corrected chi connectivity index (χ1v) is 13.2. The van der Waals surface area contributed by atoms with Gasteiger partial charge in [-0.25, -0.2) is 4.79 Å². The van der Waals surface area contributed by atoms with Crippen LogP contribution in [0.3, 0.4) is 0 Å². The van der Waals surface area contributed by atoms with Gasteiger partial charge in [-0.1, -0.05) is 18.6 Å². The predicted molar refractivity (Wildman–Crippen MR) is 138 cm³/mol. The number of hydrogen-bond acceptors (Lipinski definition) is 6. The number of rotatable bonds is 12. The van der Waals surface area contributed by atoms with Crippen LogP contribution in [0.25, 0.3) is 0 Å². The van der Waals surface area contributed by atoms with Crippen LogP contribution >= 0.6 is 0 Å². The number of nitrogens with zero attached hydrogens (tertiary/aromatic N) is 2. The fourth-order valence-electron chi connectivity index (χ4n) is 5.79. The standard InChI is InChI=1S/C27H40N4O6/c1-26(2)18-12-10-17(16-19(18)27(3,4)31(26)37)11-13-21(24(33)34)29-20(8-5-6-14-28)23(32)30-15-7-9-22(30)25(35)36/h10,12,16,20-22,29H,5-9,11,13-15,28H2,1-4H3,(H-,33,34,35,36)/p+1/t20-,21-,22-/m0/s1. The minimum Gasteiger partial charge on any atom is -0.480 e. The summed E-state index contributed by atoms with van der Waals surface area (Å²) in [7, 11) is 0. The smallest absolute Gasteiger partial charge is 0.326 e. The van der Waals surface area contributed by atoms with E-state index in [1.54, 1.807) is 0 Å². The summed E-state index contributed by atoms with van der Waals surface area (Å²) in [6, 6.07) is 3.19. The topological polar surface area (TPSA) is 153 Å². The van der Waals surface area contributed by atoms with Crippen LogP contribution in [0, 0.1) is 4.91 Å². The maximum atomic E-state index is 13.3. The van der Waals surface area contributed by atoms with Crippen LogP contribution in [-0.4, -0.2) is 68.9 Å². The fraction of sp³-hybridized carbons (Fsp3) is 0.667. The SMILES string of the molecule is CC1(C)c2ccc(CC[C@H](N[C@@H](CCCCN)C(=O)N3CCC[C@H]3C(=O)O)C(=O)O)cc2C(C)(C)[N+]1=O. The molecule has 0 spiro atoms. The third kappa shape index (κ3) is 5.85. The van der Waals surface area contributed by atoms with Crippen LogP contribution < -0.4 is 11.1 Å². The third-order valence-electron chi connectivity index (χ3n) is 7.91. The number of amides is 1. The molecule has 10 nitrogen and oxygen atoms in total.